The van der Waals surface area contributed by atoms with Crippen LogP contribution in [0.15, 0.2) is 30.3 Å². The molecule has 0 saturated heterocycles. The van der Waals surface area contributed by atoms with Crippen LogP contribution in [-0.2, 0) is 12.8 Å². The summed E-state index contributed by atoms with van der Waals surface area (Å²) >= 11 is 5.12. The van der Waals surface area contributed by atoms with E-state index in [-0.39, 0.29) is 0 Å². The largest absolute Gasteiger partial charge is 0.438 e. The van der Waals surface area contributed by atoms with Crippen LogP contribution in [0, 0.1) is 6.92 Å². The van der Waals surface area contributed by atoms with Gasteiger partial charge in [0.25, 0.3) is 0 Å². The van der Waals surface area contributed by atoms with E-state index in [9.17, 15) is 0 Å². The van der Waals surface area contributed by atoms with Crippen LogP contribution in [0.1, 0.15) is 28.8 Å². The van der Waals surface area contributed by atoms with E-state index in [1.807, 2.05) is 37.3 Å². The van der Waals surface area contributed by atoms with Crippen LogP contribution in [0.4, 0.5) is 0 Å². The Morgan fingerprint density at radius 1 is 1.30 bits per heavy atom. The van der Waals surface area contributed by atoms with E-state index in [1.54, 1.807) is 0 Å². The number of nitrogens with zero attached hydrogens (tertiary/aromatic N) is 1. The molecular formula is C16H16N2OS. The van der Waals surface area contributed by atoms with E-state index in [2.05, 4.69) is 4.98 Å². The van der Waals surface area contributed by atoms with Crippen LogP contribution in [0.2, 0.25) is 0 Å². The highest BCUT2D eigenvalue weighted by Gasteiger charge is 2.19. The highest BCUT2D eigenvalue weighted by molar-refractivity contribution is 7.80. The van der Waals surface area contributed by atoms with E-state index in [4.69, 9.17) is 22.7 Å². The number of thiocarbonyl (C=S) groups is 1. The molecule has 1 aromatic carbocycles. The molecular weight excluding hydrogens is 268 g/mol. The van der Waals surface area contributed by atoms with Gasteiger partial charge in [0.15, 0.2) is 0 Å². The van der Waals surface area contributed by atoms with Crippen molar-refractivity contribution < 1.29 is 4.74 Å². The van der Waals surface area contributed by atoms with Crippen LogP contribution in [0.25, 0.3) is 0 Å². The van der Waals surface area contributed by atoms with Crippen molar-refractivity contribution in [3.63, 3.8) is 0 Å². The van der Waals surface area contributed by atoms with Gasteiger partial charge < -0.3 is 10.5 Å². The third-order valence-electron chi connectivity index (χ3n) is 3.49. The van der Waals surface area contributed by atoms with Gasteiger partial charge in [0, 0.05) is 5.69 Å². The van der Waals surface area contributed by atoms with Gasteiger partial charge in [0.1, 0.15) is 10.7 Å². The van der Waals surface area contributed by atoms with E-state index in [1.165, 1.54) is 5.56 Å². The van der Waals surface area contributed by atoms with Crippen LogP contribution in [-0.4, -0.2) is 9.97 Å². The number of rotatable bonds is 3. The molecule has 0 fully saturated rings. The van der Waals surface area contributed by atoms with Gasteiger partial charge in [-0.25, -0.2) is 4.98 Å². The monoisotopic (exact) mass is 284 g/mol. The first-order chi connectivity index (χ1) is 9.63. The first kappa shape index (κ1) is 13.1. The van der Waals surface area contributed by atoms with Gasteiger partial charge in [-0.2, -0.15) is 0 Å². The number of fused-ring (bicyclic) bond motifs is 1. The molecule has 1 aromatic heterocycles. The van der Waals surface area contributed by atoms with Crippen molar-refractivity contribution >= 4 is 17.2 Å². The molecule has 0 bridgehead atoms. The lowest BCUT2D eigenvalue weighted by Gasteiger charge is -2.12. The normalized spacial score (nSPS) is 13.1. The smallest absolute Gasteiger partial charge is 0.229 e. The SMILES string of the molecule is Cc1cccc(Oc2nc3c(cc2C(N)=S)CCC3)c1. The summed E-state index contributed by atoms with van der Waals surface area (Å²) in [6.07, 6.45) is 3.17. The summed E-state index contributed by atoms with van der Waals surface area (Å²) in [4.78, 5) is 4.94. The number of ether oxygens (including phenoxy) is 1. The minimum absolute atomic E-state index is 0.329. The zero-order chi connectivity index (χ0) is 14.1. The number of aryl methyl sites for hydroxylation is 3. The summed E-state index contributed by atoms with van der Waals surface area (Å²) in [6.45, 7) is 2.03. The number of benzene rings is 1. The van der Waals surface area contributed by atoms with Crippen LogP contribution >= 0.6 is 12.2 Å². The molecule has 0 spiro atoms. The quantitative estimate of drug-likeness (QED) is 0.879. The van der Waals surface area contributed by atoms with Gasteiger partial charge in [-0.15, -0.1) is 0 Å². The van der Waals surface area contributed by atoms with Gasteiger partial charge in [0.2, 0.25) is 5.88 Å². The third-order valence-corrected chi connectivity index (χ3v) is 3.71. The van der Waals surface area contributed by atoms with Crippen molar-refractivity contribution in [3.8, 4) is 11.6 Å². The summed E-state index contributed by atoms with van der Waals surface area (Å²) < 4.78 is 5.90. The molecule has 20 heavy (non-hydrogen) atoms. The maximum absolute atomic E-state index is 5.90. The first-order valence-electron chi connectivity index (χ1n) is 6.70. The Morgan fingerprint density at radius 3 is 2.90 bits per heavy atom. The molecule has 0 atom stereocenters. The molecule has 3 rings (SSSR count). The summed E-state index contributed by atoms with van der Waals surface area (Å²) in [5.74, 6) is 1.27. The van der Waals surface area contributed by atoms with E-state index < -0.39 is 0 Å². The number of pyridine rings is 1. The van der Waals surface area contributed by atoms with Crippen LogP contribution < -0.4 is 10.5 Å². The maximum Gasteiger partial charge on any atom is 0.229 e. The van der Waals surface area contributed by atoms with E-state index in [0.29, 0.717) is 10.9 Å². The standard InChI is InChI=1S/C16H16N2OS/c1-10-4-2-6-12(8-10)19-16-13(15(17)20)9-11-5-3-7-14(11)18-16/h2,4,6,8-9H,3,5,7H2,1H3,(H2,17,20). The predicted octanol–water partition coefficient (Wildman–Crippen LogP) is 3.31. The first-order valence-corrected chi connectivity index (χ1v) is 7.11. The molecule has 1 heterocycles. The van der Waals surface area contributed by atoms with Gasteiger partial charge in [0.05, 0.1) is 5.56 Å². The molecule has 0 amide bonds. The second-order valence-corrected chi connectivity index (χ2v) is 5.52. The Balaban J connectivity index is 2.01. The molecule has 2 aromatic rings. The van der Waals surface area contributed by atoms with Gasteiger partial charge in [-0.3, -0.25) is 0 Å². The van der Waals surface area contributed by atoms with Gasteiger partial charge >= 0.3 is 0 Å². The highest BCUT2D eigenvalue weighted by atomic mass is 32.1. The van der Waals surface area contributed by atoms with E-state index in [0.717, 1.165) is 41.8 Å². The molecule has 0 unspecified atom stereocenters. The molecule has 2 N–H and O–H groups in total. The lowest BCUT2D eigenvalue weighted by atomic mass is 10.1. The van der Waals surface area contributed by atoms with Gasteiger partial charge in [-0.1, -0.05) is 24.4 Å². The van der Waals surface area contributed by atoms with Crippen molar-refractivity contribution in [2.24, 2.45) is 5.73 Å². The summed E-state index contributed by atoms with van der Waals surface area (Å²) in [5, 5.41) is 0. The molecule has 1 aliphatic carbocycles. The number of nitrogens with two attached hydrogens (primary N) is 1. The average molecular weight is 284 g/mol. The van der Waals surface area contributed by atoms with Crippen molar-refractivity contribution in [2.75, 3.05) is 0 Å². The second kappa shape index (κ2) is 5.21. The summed E-state index contributed by atoms with van der Waals surface area (Å²) in [5.41, 5.74) is 10.0. The Labute approximate surface area is 123 Å². The van der Waals surface area contributed by atoms with Crippen molar-refractivity contribution in [3.05, 3.63) is 52.7 Å². The van der Waals surface area contributed by atoms with Crippen LogP contribution in [0.3, 0.4) is 0 Å². The summed E-state index contributed by atoms with van der Waals surface area (Å²) in [6, 6.07) is 9.89. The maximum atomic E-state index is 5.90. The minimum atomic E-state index is 0.329. The fourth-order valence-electron chi connectivity index (χ4n) is 2.50. The molecule has 0 radical (unpaired) electrons. The Bertz CT molecular complexity index is 682. The number of hydrogen-bond acceptors (Lipinski definition) is 3. The van der Waals surface area contributed by atoms with Crippen LogP contribution in [0.5, 0.6) is 11.6 Å². The molecule has 0 aliphatic heterocycles. The number of aromatic nitrogens is 1. The topological polar surface area (TPSA) is 48.1 Å². The zero-order valence-corrected chi connectivity index (χ0v) is 12.2. The summed E-state index contributed by atoms with van der Waals surface area (Å²) in [7, 11) is 0. The van der Waals surface area contributed by atoms with Gasteiger partial charge in [-0.05, 0) is 55.5 Å². The Morgan fingerprint density at radius 2 is 2.15 bits per heavy atom. The third kappa shape index (κ3) is 2.51. The molecule has 102 valence electrons. The molecule has 1 aliphatic rings. The molecule has 4 heteroatoms. The Hall–Kier alpha value is -1.94. The average Bonchev–Trinajstić information content (AvgIpc) is 2.84. The highest BCUT2D eigenvalue weighted by Crippen LogP contribution is 2.29. The van der Waals surface area contributed by atoms with E-state index >= 15 is 0 Å². The Kier molecular flexibility index (Phi) is 3.40. The molecule has 0 saturated carbocycles. The zero-order valence-electron chi connectivity index (χ0n) is 11.3. The van der Waals surface area contributed by atoms with Crippen molar-refractivity contribution in [2.45, 2.75) is 26.2 Å². The number of hydrogen-bond donors (Lipinski definition) is 1. The second-order valence-electron chi connectivity index (χ2n) is 5.08. The van der Waals surface area contributed by atoms with Crippen molar-refractivity contribution in [1.29, 1.82) is 0 Å². The van der Waals surface area contributed by atoms with Crippen molar-refractivity contribution in [1.82, 2.24) is 4.98 Å². The lowest BCUT2D eigenvalue weighted by molar-refractivity contribution is 0.459. The predicted molar refractivity (Wildman–Crippen MR) is 83.4 cm³/mol. The lowest BCUT2D eigenvalue weighted by Crippen LogP contribution is -2.13. The fraction of sp³-hybridized carbons (Fsp3) is 0.250. The minimum Gasteiger partial charge on any atom is -0.438 e. The molecule has 3 nitrogen and oxygen atoms in total. The fourth-order valence-corrected chi connectivity index (χ4v) is 2.64.